The predicted octanol–water partition coefficient (Wildman–Crippen LogP) is 1.33. The molecule has 0 aromatic carbocycles. The van der Waals surface area contributed by atoms with Gasteiger partial charge in [-0.2, -0.15) is 0 Å². The second-order valence-corrected chi connectivity index (χ2v) is 3.06. The summed E-state index contributed by atoms with van der Waals surface area (Å²) in [6.07, 6.45) is 4.57. The van der Waals surface area contributed by atoms with Crippen molar-refractivity contribution < 1.29 is 9.84 Å². The van der Waals surface area contributed by atoms with Crippen LogP contribution in [0.15, 0.2) is 0 Å². The van der Waals surface area contributed by atoms with Crippen LogP contribution in [0.5, 0.6) is 0 Å². The highest BCUT2D eigenvalue weighted by Gasteiger charge is 2.15. The molecule has 60 valence electrons. The molecule has 1 heterocycles. The van der Waals surface area contributed by atoms with Gasteiger partial charge < -0.3 is 9.84 Å². The Morgan fingerprint density at radius 1 is 1.70 bits per heavy atom. The van der Waals surface area contributed by atoms with Crippen molar-refractivity contribution in [1.29, 1.82) is 0 Å². The van der Waals surface area contributed by atoms with Crippen LogP contribution in [0.2, 0.25) is 0 Å². The quantitative estimate of drug-likeness (QED) is 0.647. The minimum Gasteiger partial charge on any atom is -0.393 e. The van der Waals surface area contributed by atoms with Crippen LogP contribution in [-0.4, -0.2) is 23.9 Å². The van der Waals surface area contributed by atoms with Crippen molar-refractivity contribution in [1.82, 2.24) is 0 Å². The van der Waals surface area contributed by atoms with Gasteiger partial charge >= 0.3 is 0 Å². The van der Waals surface area contributed by atoms with Crippen LogP contribution in [0.25, 0.3) is 0 Å². The van der Waals surface area contributed by atoms with Gasteiger partial charge in [-0.3, -0.25) is 0 Å². The summed E-state index contributed by atoms with van der Waals surface area (Å²) in [6.45, 7) is 2.75. The third kappa shape index (κ3) is 2.67. The molecule has 1 rings (SSSR count). The first-order chi connectivity index (χ1) is 4.79. The molecule has 0 aromatic heterocycles. The molecule has 1 aliphatic rings. The summed E-state index contributed by atoms with van der Waals surface area (Å²) < 4.78 is 5.39. The largest absolute Gasteiger partial charge is 0.393 e. The van der Waals surface area contributed by atoms with E-state index in [-0.39, 0.29) is 6.10 Å². The molecule has 0 amide bonds. The van der Waals surface area contributed by atoms with Crippen molar-refractivity contribution >= 4 is 0 Å². The normalized spacial score (nSPS) is 28.8. The number of aliphatic hydroxyl groups excluding tert-OH is 1. The highest BCUT2D eigenvalue weighted by atomic mass is 16.5. The Morgan fingerprint density at radius 2 is 2.50 bits per heavy atom. The lowest BCUT2D eigenvalue weighted by Gasteiger charge is -2.09. The number of aliphatic hydroxyl groups is 1. The van der Waals surface area contributed by atoms with Gasteiger partial charge in [0, 0.05) is 6.61 Å². The lowest BCUT2D eigenvalue weighted by Crippen LogP contribution is -2.09. The van der Waals surface area contributed by atoms with E-state index in [2.05, 4.69) is 0 Å². The van der Waals surface area contributed by atoms with Crippen molar-refractivity contribution in [3.63, 3.8) is 0 Å². The summed E-state index contributed by atoms with van der Waals surface area (Å²) in [5, 5.41) is 8.96. The lowest BCUT2D eigenvalue weighted by atomic mass is 10.1. The van der Waals surface area contributed by atoms with Crippen LogP contribution in [0.1, 0.15) is 32.6 Å². The molecule has 1 fully saturated rings. The number of rotatable bonds is 3. The molecule has 0 aliphatic carbocycles. The smallest absolute Gasteiger partial charge is 0.0577 e. The Balaban J connectivity index is 2.01. The minimum atomic E-state index is -0.163. The molecule has 2 atom stereocenters. The average Bonchev–Trinajstić information content (AvgIpc) is 2.34. The Bertz CT molecular complexity index is 85.3. The first-order valence-electron chi connectivity index (χ1n) is 4.08. The fourth-order valence-corrected chi connectivity index (χ4v) is 1.30. The fraction of sp³-hybridized carbons (Fsp3) is 1.00. The molecule has 0 saturated carbocycles. The van der Waals surface area contributed by atoms with Crippen LogP contribution in [0, 0.1) is 0 Å². The van der Waals surface area contributed by atoms with Crippen LogP contribution in [0.3, 0.4) is 0 Å². The van der Waals surface area contributed by atoms with E-state index in [4.69, 9.17) is 9.84 Å². The second kappa shape index (κ2) is 3.94. The maximum atomic E-state index is 8.96. The maximum Gasteiger partial charge on any atom is 0.0577 e. The van der Waals surface area contributed by atoms with Gasteiger partial charge in [0.25, 0.3) is 0 Å². The van der Waals surface area contributed by atoms with Gasteiger partial charge in [-0.1, -0.05) is 0 Å². The van der Waals surface area contributed by atoms with Gasteiger partial charge in [0.15, 0.2) is 0 Å². The second-order valence-electron chi connectivity index (χ2n) is 3.06. The number of hydrogen-bond donors (Lipinski definition) is 1. The van der Waals surface area contributed by atoms with Crippen LogP contribution >= 0.6 is 0 Å². The third-order valence-corrected chi connectivity index (χ3v) is 1.93. The van der Waals surface area contributed by atoms with Gasteiger partial charge in [-0.05, 0) is 32.6 Å². The molecule has 0 aromatic rings. The van der Waals surface area contributed by atoms with E-state index < -0.39 is 0 Å². The van der Waals surface area contributed by atoms with Crippen LogP contribution in [0.4, 0.5) is 0 Å². The first-order valence-corrected chi connectivity index (χ1v) is 4.08. The van der Waals surface area contributed by atoms with Gasteiger partial charge in [0.05, 0.1) is 12.2 Å². The van der Waals surface area contributed by atoms with Gasteiger partial charge in [-0.15, -0.1) is 0 Å². The van der Waals surface area contributed by atoms with Crippen LogP contribution in [-0.2, 0) is 4.74 Å². The van der Waals surface area contributed by atoms with Crippen molar-refractivity contribution in [3.05, 3.63) is 0 Å². The third-order valence-electron chi connectivity index (χ3n) is 1.93. The topological polar surface area (TPSA) is 29.5 Å². The molecule has 2 nitrogen and oxygen atoms in total. The first kappa shape index (κ1) is 8.02. The zero-order valence-corrected chi connectivity index (χ0v) is 6.55. The molecule has 1 saturated heterocycles. The van der Waals surface area contributed by atoms with Gasteiger partial charge in [0.2, 0.25) is 0 Å². The Labute approximate surface area is 62.2 Å². The highest BCUT2D eigenvalue weighted by Crippen LogP contribution is 2.17. The van der Waals surface area contributed by atoms with Crippen molar-refractivity contribution in [2.45, 2.75) is 44.8 Å². The molecule has 0 spiro atoms. The van der Waals surface area contributed by atoms with Crippen LogP contribution < -0.4 is 0 Å². The van der Waals surface area contributed by atoms with E-state index in [1.807, 2.05) is 6.92 Å². The Hall–Kier alpha value is -0.0800. The molecule has 1 aliphatic heterocycles. The van der Waals surface area contributed by atoms with Crippen molar-refractivity contribution in [3.8, 4) is 0 Å². The molecule has 2 heteroatoms. The fourth-order valence-electron chi connectivity index (χ4n) is 1.30. The van der Waals surface area contributed by atoms with E-state index in [0.717, 1.165) is 19.4 Å². The summed E-state index contributed by atoms with van der Waals surface area (Å²) in [5.41, 5.74) is 0. The van der Waals surface area contributed by atoms with Gasteiger partial charge in [-0.25, -0.2) is 0 Å². The highest BCUT2D eigenvalue weighted by molar-refractivity contribution is 4.65. The number of ether oxygens (including phenoxy) is 1. The van der Waals surface area contributed by atoms with E-state index in [0.29, 0.717) is 6.10 Å². The molecule has 1 N–H and O–H groups in total. The molecule has 1 unspecified atom stereocenters. The van der Waals surface area contributed by atoms with Gasteiger partial charge in [0.1, 0.15) is 0 Å². The molecular weight excluding hydrogens is 128 g/mol. The summed E-state index contributed by atoms with van der Waals surface area (Å²) >= 11 is 0. The standard InChI is InChI=1S/C8H16O2/c1-7(9)4-5-8-3-2-6-10-8/h7-9H,2-6H2,1H3/t7-,8?/m1/s1. The average molecular weight is 144 g/mol. The van der Waals surface area contributed by atoms with E-state index in [9.17, 15) is 0 Å². The SMILES string of the molecule is C[C@@H](O)CCC1CCCO1. The minimum absolute atomic E-state index is 0.163. The number of hydrogen-bond acceptors (Lipinski definition) is 2. The Kier molecular flexibility index (Phi) is 3.16. The summed E-state index contributed by atoms with van der Waals surface area (Å²) in [5.74, 6) is 0. The van der Waals surface area contributed by atoms with E-state index in [1.165, 1.54) is 12.8 Å². The molecule has 0 radical (unpaired) electrons. The zero-order valence-electron chi connectivity index (χ0n) is 6.55. The maximum absolute atomic E-state index is 8.96. The van der Waals surface area contributed by atoms with Crippen molar-refractivity contribution in [2.75, 3.05) is 6.61 Å². The summed E-state index contributed by atoms with van der Waals surface area (Å²) in [7, 11) is 0. The zero-order chi connectivity index (χ0) is 7.40. The summed E-state index contributed by atoms with van der Waals surface area (Å²) in [4.78, 5) is 0. The van der Waals surface area contributed by atoms with E-state index in [1.54, 1.807) is 0 Å². The molecule has 0 bridgehead atoms. The monoisotopic (exact) mass is 144 g/mol. The molecular formula is C8H16O2. The van der Waals surface area contributed by atoms with E-state index >= 15 is 0 Å². The Morgan fingerprint density at radius 3 is 3.00 bits per heavy atom. The van der Waals surface area contributed by atoms with Crippen molar-refractivity contribution in [2.24, 2.45) is 0 Å². The predicted molar refractivity (Wildman–Crippen MR) is 39.9 cm³/mol. The molecule has 10 heavy (non-hydrogen) atoms. The lowest BCUT2D eigenvalue weighted by molar-refractivity contribution is 0.0852. The summed E-state index contributed by atoms with van der Waals surface area (Å²) in [6, 6.07) is 0.